The Bertz CT molecular complexity index is 597. The van der Waals surface area contributed by atoms with Gasteiger partial charge in [-0.25, -0.2) is 0 Å². The lowest BCUT2D eigenvalue weighted by Gasteiger charge is -2.21. The smallest absolute Gasteiger partial charge is 0.255 e. The molecule has 0 fully saturated rings. The number of nitrogens with zero attached hydrogens (tertiary/aromatic N) is 1. The van der Waals surface area contributed by atoms with Crippen LogP contribution in [0.2, 0.25) is 4.34 Å². The van der Waals surface area contributed by atoms with Crippen LogP contribution in [0.1, 0.15) is 22.2 Å². The first kappa shape index (κ1) is 15.4. The lowest BCUT2D eigenvalue weighted by atomic mass is 10.2. The summed E-state index contributed by atoms with van der Waals surface area (Å²) in [6, 6.07) is 11.6. The van der Waals surface area contributed by atoms with Gasteiger partial charge < -0.3 is 4.90 Å². The Morgan fingerprint density at radius 3 is 2.65 bits per heavy atom. The second kappa shape index (κ2) is 7.16. The third kappa shape index (κ3) is 3.57. The fourth-order valence-corrected chi connectivity index (χ4v) is 3.64. The summed E-state index contributed by atoms with van der Waals surface area (Å²) in [4.78, 5) is 16.6. The van der Waals surface area contributed by atoms with Crippen LogP contribution in [0.5, 0.6) is 0 Å². The summed E-state index contributed by atoms with van der Waals surface area (Å²) in [6.45, 7) is 3.28. The van der Waals surface area contributed by atoms with Gasteiger partial charge in [0.2, 0.25) is 0 Å². The normalized spacial score (nSPS) is 10.6. The van der Waals surface area contributed by atoms with Gasteiger partial charge in [-0.15, -0.1) is 23.1 Å². The Labute approximate surface area is 132 Å². The van der Waals surface area contributed by atoms with Gasteiger partial charge in [0.1, 0.15) is 0 Å². The van der Waals surface area contributed by atoms with Gasteiger partial charge in [0.15, 0.2) is 0 Å². The van der Waals surface area contributed by atoms with Crippen LogP contribution in [0.4, 0.5) is 0 Å². The van der Waals surface area contributed by atoms with E-state index in [0.717, 1.165) is 19.7 Å². The molecule has 0 N–H and O–H groups in total. The second-order valence-electron chi connectivity index (χ2n) is 4.23. The molecule has 1 heterocycles. The first-order valence-electron chi connectivity index (χ1n) is 6.32. The molecule has 1 aromatic heterocycles. The van der Waals surface area contributed by atoms with Crippen LogP contribution >= 0.6 is 34.7 Å². The van der Waals surface area contributed by atoms with E-state index >= 15 is 0 Å². The van der Waals surface area contributed by atoms with Crippen LogP contribution < -0.4 is 0 Å². The zero-order chi connectivity index (χ0) is 14.5. The third-order valence-electron chi connectivity index (χ3n) is 2.98. The minimum Gasteiger partial charge on any atom is -0.334 e. The Hall–Kier alpha value is -0.970. The maximum Gasteiger partial charge on any atom is 0.255 e. The van der Waals surface area contributed by atoms with E-state index in [1.165, 1.54) is 11.3 Å². The Balaban J connectivity index is 2.20. The van der Waals surface area contributed by atoms with Gasteiger partial charge >= 0.3 is 0 Å². The van der Waals surface area contributed by atoms with Gasteiger partial charge in [0.25, 0.3) is 5.91 Å². The van der Waals surface area contributed by atoms with Gasteiger partial charge in [-0.1, -0.05) is 23.7 Å². The largest absolute Gasteiger partial charge is 0.334 e. The summed E-state index contributed by atoms with van der Waals surface area (Å²) < 4.78 is 0.757. The minimum absolute atomic E-state index is 0.0713. The van der Waals surface area contributed by atoms with Gasteiger partial charge in [0, 0.05) is 16.3 Å². The number of carbonyl (C=O) groups excluding carboxylic acids is 1. The average molecular weight is 326 g/mol. The predicted molar refractivity (Wildman–Crippen MR) is 88.0 cm³/mol. The number of carbonyl (C=O) groups is 1. The fourth-order valence-electron chi connectivity index (χ4n) is 1.94. The first-order chi connectivity index (χ1) is 9.65. The molecule has 0 aliphatic carbocycles. The van der Waals surface area contributed by atoms with E-state index in [1.54, 1.807) is 11.8 Å². The van der Waals surface area contributed by atoms with E-state index in [9.17, 15) is 4.79 Å². The Morgan fingerprint density at radius 2 is 2.05 bits per heavy atom. The molecule has 20 heavy (non-hydrogen) atoms. The van der Waals surface area contributed by atoms with Crippen molar-refractivity contribution >= 4 is 40.6 Å². The quantitative estimate of drug-likeness (QED) is 0.737. The van der Waals surface area contributed by atoms with Crippen molar-refractivity contribution in [2.75, 3.05) is 12.8 Å². The van der Waals surface area contributed by atoms with Gasteiger partial charge in [-0.05, 0) is 37.4 Å². The molecular weight excluding hydrogens is 310 g/mol. The summed E-state index contributed by atoms with van der Waals surface area (Å²) in [7, 11) is 0. The number of amides is 1. The van der Waals surface area contributed by atoms with Crippen molar-refractivity contribution in [1.29, 1.82) is 0 Å². The molecule has 0 bridgehead atoms. The fraction of sp³-hybridized carbons (Fsp3) is 0.267. The van der Waals surface area contributed by atoms with Gasteiger partial charge in [0.05, 0.1) is 16.4 Å². The zero-order valence-corrected chi connectivity index (χ0v) is 13.8. The van der Waals surface area contributed by atoms with Crippen molar-refractivity contribution in [1.82, 2.24) is 4.90 Å². The Kier molecular flexibility index (Phi) is 5.52. The average Bonchev–Trinajstić information content (AvgIpc) is 2.89. The number of hydrogen-bond acceptors (Lipinski definition) is 3. The molecule has 0 aliphatic rings. The highest BCUT2D eigenvalue weighted by molar-refractivity contribution is 7.98. The van der Waals surface area contributed by atoms with Crippen molar-refractivity contribution in [3.05, 3.63) is 51.2 Å². The topological polar surface area (TPSA) is 20.3 Å². The van der Waals surface area contributed by atoms with Crippen LogP contribution in [-0.2, 0) is 6.54 Å². The van der Waals surface area contributed by atoms with E-state index in [2.05, 4.69) is 0 Å². The number of benzene rings is 1. The monoisotopic (exact) mass is 325 g/mol. The molecular formula is C15H16ClNOS2. The highest BCUT2D eigenvalue weighted by Gasteiger charge is 2.17. The number of thiophene rings is 1. The molecule has 2 rings (SSSR count). The van der Waals surface area contributed by atoms with Crippen molar-refractivity contribution in [2.24, 2.45) is 0 Å². The Morgan fingerprint density at radius 1 is 1.30 bits per heavy atom. The van der Waals surface area contributed by atoms with Gasteiger partial charge in [-0.3, -0.25) is 4.79 Å². The molecule has 0 aliphatic heterocycles. The van der Waals surface area contributed by atoms with E-state index in [1.807, 2.05) is 54.5 Å². The molecule has 1 amide bonds. The summed E-state index contributed by atoms with van der Waals surface area (Å²) in [5, 5.41) is 0. The molecule has 1 aromatic carbocycles. The number of halogens is 1. The predicted octanol–water partition coefficient (Wildman–Crippen LogP) is 4.79. The number of rotatable bonds is 5. The van der Waals surface area contributed by atoms with Crippen LogP contribution in [0.15, 0.2) is 41.3 Å². The molecule has 0 saturated carbocycles. The maximum atomic E-state index is 12.7. The summed E-state index contributed by atoms with van der Waals surface area (Å²) in [5.41, 5.74) is 0.768. The standard InChI is InChI=1S/C15H16ClNOS2/c1-3-17(10-11-8-9-14(16)20-11)15(18)12-6-4-5-7-13(12)19-2/h4-9H,3,10H2,1-2H3. The van der Waals surface area contributed by atoms with E-state index in [0.29, 0.717) is 13.1 Å². The highest BCUT2D eigenvalue weighted by Crippen LogP contribution is 2.25. The van der Waals surface area contributed by atoms with Crippen molar-refractivity contribution in [2.45, 2.75) is 18.4 Å². The van der Waals surface area contributed by atoms with E-state index in [4.69, 9.17) is 11.6 Å². The molecule has 0 unspecified atom stereocenters. The first-order valence-corrected chi connectivity index (χ1v) is 8.74. The minimum atomic E-state index is 0.0713. The van der Waals surface area contributed by atoms with E-state index in [-0.39, 0.29) is 5.91 Å². The second-order valence-corrected chi connectivity index (χ2v) is 6.87. The SMILES string of the molecule is CCN(Cc1ccc(Cl)s1)C(=O)c1ccccc1SC. The summed E-state index contributed by atoms with van der Waals surface area (Å²) >= 11 is 9.06. The van der Waals surface area contributed by atoms with Crippen molar-refractivity contribution in [3.8, 4) is 0 Å². The van der Waals surface area contributed by atoms with Crippen LogP contribution in [-0.4, -0.2) is 23.6 Å². The summed E-state index contributed by atoms with van der Waals surface area (Å²) in [5.74, 6) is 0.0713. The molecule has 0 atom stereocenters. The van der Waals surface area contributed by atoms with Gasteiger partial charge in [-0.2, -0.15) is 0 Å². The maximum absolute atomic E-state index is 12.7. The van der Waals surface area contributed by atoms with Crippen LogP contribution in [0, 0.1) is 0 Å². The number of thioether (sulfide) groups is 1. The van der Waals surface area contributed by atoms with E-state index < -0.39 is 0 Å². The van der Waals surface area contributed by atoms with Crippen molar-refractivity contribution in [3.63, 3.8) is 0 Å². The lowest BCUT2D eigenvalue weighted by molar-refractivity contribution is 0.0750. The molecule has 2 nitrogen and oxygen atoms in total. The summed E-state index contributed by atoms with van der Waals surface area (Å²) in [6.07, 6.45) is 1.99. The molecule has 5 heteroatoms. The highest BCUT2D eigenvalue weighted by atomic mass is 35.5. The lowest BCUT2D eigenvalue weighted by Crippen LogP contribution is -2.30. The molecule has 0 spiro atoms. The van der Waals surface area contributed by atoms with Crippen LogP contribution in [0.25, 0.3) is 0 Å². The van der Waals surface area contributed by atoms with Crippen molar-refractivity contribution < 1.29 is 4.79 Å². The molecule has 2 aromatic rings. The molecule has 0 radical (unpaired) electrons. The zero-order valence-electron chi connectivity index (χ0n) is 11.4. The van der Waals surface area contributed by atoms with Crippen LogP contribution in [0.3, 0.4) is 0 Å². The third-order valence-corrected chi connectivity index (χ3v) is 4.99. The molecule has 106 valence electrons. The molecule has 0 saturated heterocycles. The number of hydrogen-bond donors (Lipinski definition) is 0.